The third kappa shape index (κ3) is 2.13. The molecule has 0 rings (SSSR count). The van der Waals surface area contributed by atoms with E-state index in [4.69, 9.17) is 17.0 Å². The Morgan fingerprint density at radius 1 is 1.86 bits per heavy atom. The zero-order valence-corrected chi connectivity index (χ0v) is 4.31. The third-order valence-corrected chi connectivity index (χ3v) is 0.619. The summed E-state index contributed by atoms with van der Waals surface area (Å²) in [6, 6.07) is 0. The van der Waals surface area contributed by atoms with Crippen LogP contribution in [0.4, 0.5) is 0 Å². The number of hydrogen-bond acceptors (Lipinski definition) is 3. The molecule has 0 saturated carbocycles. The lowest BCUT2D eigenvalue weighted by atomic mass is 10.6. The standard InChI is InChI=1S/C3H10N4/c1-7(6)3(5)2-4/h5H,2,4,6H2,1H3. The Balaban J connectivity index is 3.35. The molecular formula is C3H10N4. The summed E-state index contributed by atoms with van der Waals surface area (Å²) in [5, 5.41) is 8.05. The molecule has 5 N–H and O–H groups in total. The molecule has 0 unspecified atom stereocenters. The van der Waals surface area contributed by atoms with Gasteiger partial charge in [-0.2, -0.15) is 0 Å². The van der Waals surface area contributed by atoms with Crippen molar-refractivity contribution in [3.8, 4) is 0 Å². The number of rotatable bonds is 1. The second-order valence-electron chi connectivity index (χ2n) is 1.26. The van der Waals surface area contributed by atoms with Crippen LogP contribution in [-0.4, -0.2) is 24.4 Å². The fraction of sp³-hybridized carbons (Fsp3) is 0.667. The highest BCUT2D eigenvalue weighted by atomic mass is 15.4. The van der Waals surface area contributed by atoms with Gasteiger partial charge in [-0.05, 0) is 0 Å². The zero-order valence-electron chi connectivity index (χ0n) is 4.31. The van der Waals surface area contributed by atoms with Crippen LogP contribution in [0.3, 0.4) is 0 Å². The molecule has 0 spiro atoms. The number of nitrogens with one attached hydrogen (secondary N) is 1. The Hall–Kier alpha value is -0.610. The molecular weight excluding hydrogens is 92.1 g/mol. The maximum atomic E-state index is 6.87. The maximum absolute atomic E-state index is 6.87. The first-order valence-corrected chi connectivity index (χ1v) is 1.94. The highest BCUT2D eigenvalue weighted by molar-refractivity contribution is 5.79. The molecule has 0 atom stereocenters. The van der Waals surface area contributed by atoms with Crippen molar-refractivity contribution in [2.24, 2.45) is 11.6 Å². The highest BCUT2D eigenvalue weighted by Gasteiger charge is 1.90. The molecule has 0 amide bonds. The smallest absolute Gasteiger partial charge is 0.124 e. The lowest BCUT2D eigenvalue weighted by molar-refractivity contribution is 0.527. The molecule has 42 valence electrons. The van der Waals surface area contributed by atoms with E-state index >= 15 is 0 Å². The summed E-state index contributed by atoms with van der Waals surface area (Å²) in [6.07, 6.45) is 0. The Morgan fingerprint density at radius 2 is 2.29 bits per heavy atom. The van der Waals surface area contributed by atoms with Gasteiger partial charge in [0.1, 0.15) is 5.84 Å². The second-order valence-corrected chi connectivity index (χ2v) is 1.26. The fourth-order valence-electron chi connectivity index (χ4n) is 0.144. The van der Waals surface area contributed by atoms with Crippen LogP contribution >= 0.6 is 0 Å². The van der Waals surface area contributed by atoms with Gasteiger partial charge >= 0.3 is 0 Å². The summed E-state index contributed by atoms with van der Waals surface area (Å²) < 4.78 is 0. The van der Waals surface area contributed by atoms with Crippen LogP contribution in [0.5, 0.6) is 0 Å². The van der Waals surface area contributed by atoms with E-state index in [2.05, 4.69) is 0 Å². The highest BCUT2D eigenvalue weighted by Crippen LogP contribution is 1.66. The lowest BCUT2D eigenvalue weighted by Crippen LogP contribution is -2.37. The molecule has 0 aromatic heterocycles. The molecule has 0 fully saturated rings. The van der Waals surface area contributed by atoms with Gasteiger partial charge in [0.15, 0.2) is 0 Å². The van der Waals surface area contributed by atoms with Crippen LogP contribution in [0.2, 0.25) is 0 Å². The zero-order chi connectivity index (χ0) is 5.86. The van der Waals surface area contributed by atoms with Crippen LogP contribution in [0.15, 0.2) is 0 Å². The summed E-state index contributed by atoms with van der Waals surface area (Å²) in [5.41, 5.74) is 5.03. The Labute approximate surface area is 42.6 Å². The van der Waals surface area contributed by atoms with Gasteiger partial charge in [0.25, 0.3) is 0 Å². The largest absolute Gasteiger partial charge is 0.324 e. The van der Waals surface area contributed by atoms with Crippen LogP contribution in [-0.2, 0) is 0 Å². The molecule has 4 heteroatoms. The molecule has 0 heterocycles. The van der Waals surface area contributed by atoms with Crippen LogP contribution in [0.25, 0.3) is 0 Å². The van der Waals surface area contributed by atoms with Crippen LogP contribution in [0, 0.1) is 5.41 Å². The van der Waals surface area contributed by atoms with Crippen molar-refractivity contribution in [2.75, 3.05) is 13.6 Å². The summed E-state index contributed by atoms with van der Waals surface area (Å²) in [5.74, 6) is 5.31. The molecule has 0 bridgehead atoms. The van der Waals surface area contributed by atoms with Crippen molar-refractivity contribution in [1.82, 2.24) is 5.01 Å². The molecule has 0 aliphatic heterocycles. The number of nitrogens with zero attached hydrogens (tertiary/aromatic N) is 1. The number of amidine groups is 1. The van der Waals surface area contributed by atoms with Crippen molar-refractivity contribution >= 4 is 5.84 Å². The van der Waals surface area contributed by atoms with Crippen molar-refractivity contribution in [2.45, 2.75) is 0 Å². The molecule has 7 heavy (non-hydrogen) atoms. The van der Waals surface area contributed by atoms with Gasteiger partial charge < -0.3 is 10.7 Å². The van der Waals surface area contributed by atoms with Gasteiger partial charge in [-0.3, -0.25) is 5.41 Å². The van der Waals surface area contributed by atoms with E-state index in [1.165, 1.54) is 5.01 Å². The summed E-state index contributed by atoms with van der Waals surface area (Å²) in [6.45, 7) is 0.201. The van der Waals surface area contributed by atoms with E-state index in [0.717, 1.165) is 0 Å². The minimum Gasteiger partial charge on any atom is -0.324 e. The molecule has 0 aliphatic rings. The van der Waals surface area contributed by atoms with E-state index in [-0.39, 0.29) is 12.4 Å². The summed E-state index contributed by atoms with van der Waals surface area (Å²) >= 11 is 0. The molecule has 0 radical (unpaired) electrons. The molecule has 4 nitrogen and oxygen atoms in total. The summed E-state index contributed by atoms with van der Waals surface area (Å²) in [4.78, 5) is 0. The topological polar surface area (TPSA) is 79.1 Å². The predicted octanol–water partition coefficient (Wildman–Crippen LogP) is -1.27. The minimum atomic E-state index is 0.201. The van der Waals surface area contributed by atoms with E-state index in [9.17, 15) is 0 Å². The SMILES string of the molecule is CN(N)C(=N)CN. The fourth-order valence-corrected chi connectivity index (χ4v) is 0.144. The first kappa shape index (κ1) is 6.39. The van der Waals surface area contributed by atoms with Gasteiger partial charge in [-0.15, -0.1) is 0 Å². The van der Waals surface area contributed by atoms with E-state index in [1.807, 2.05) is 0 Å². The number of nitrogens with two attached hydrogens (primary N) is 2. The van der Waals surface area contributed by atoms with Crippen molar-refractivity contribution in [3.05, 3.63) is 0 Å². The normalized spacial score (nSPS) is 8.43. The number of hydrogen-bond donors (Lipinski definition) is 3. The third-order valence-electron chi connectivity index (χ3n) is 0.619. The van der Waals surface area contributed by atoms with Gasteiger partial charge in [-0.1, -0.05) is 0 Å². The Kier molecular flexibility index (Phi) is 2.32. The van der Waals surface area contributed by atoms with Crippen molar-refractivity contribution < 1.29 is 0 Å². The van der Waals surface area contributed by atoms with Crippen LogP contribution < -0.4 is 11.6 Å². The molecule has 0 aromatic rings. The summed E-state index contributed by atoms with van der Waals surface area (Å²) in [7, 11) is 1.58. The van der Waals surface area contributed by atoms with Gasteiger partial charge in [0.2, 0.25) is 0 Å². The maximum Gasteiger partial charge on any atom is 0.124 e. The predicted molar refractivity (Wildman–Crippen MR) is 28.7 cm³/mol. The van der Waals surface area contributed by atoms with E-state index in [0.29, 0.717) is 0 Å². The Morgan fingerprint density at radius 3 is 2.29 bits per heavy atom. The van der Waals surface area contributed by atoms with Crippen LogP contribution in [0.1, 0.15) is 0 Å². The second kappa shape index (κ2) is 2.54. The quantitative estimate of drug-likeness (QED) is 0.167. The van der Waals surface area contributed by atoms with Gasteiger partial charge in [-0.25, -0.2) is 5.84 Å². The average molecular weight is 102 g/mol. The first-order valence-electron chi connectivity index (χ1n) is 1.94. The number of likely N-dealkylation sites (N-methyl/N-ethyl adjacent to an activating group) is 1. The molecule has 0 saturated heterocycles. The first-order chi connectivity index (χ1) is 3.18. The molecule has 0 aromatic carbocycles. The monoisotopic (exact) mass is 102 g/mol. The van der Waals surface area contributed by atoms with E-state index < -0.39 is 0 Å². The van der Waals surface area contributed by atoms with E-state index in [1.54, 1.807) is 7.05 Å². The van der Waals surface area contributed by atoms with Gasteiger partial charge in [0.05, 0.1) is 6.54 Å². The lowest BCUT2D eigenvalue weighted by Gasteiger charge is -2.09. The van der Waals surface area contributed by atoms with Crippen molar-refractivity contribution in [3.63, 3.8) is 0 Å². The molecule has 0 aliphatic carbocycles. The Bertz CT molecular complexity index is 67.3. The van der Waals surface area contributed by atoms with Gasteiger partial charge in [0, 0.05) is 7.05 Å². The minimum absolute atomic E-state index is 0.201. The number of hydrazine groups is 1. The van der Waals surface area contributed by atoms with Crippen molar-refractivity contribution in [1.29, 1.82) is 5.41 Å². The average Bonchev–Trinajstić information content (AvgIpc) is 1.65.